The van der Waals surface area contributed by atoms with Gasteiger partial charge in [-0.05, 0) is 36.6 Å². The summed E-state index contributed by atoms with van der Waals surface area (Å²) in [5, 5.41) is 18.6. The Morgan fingerprint density at radius 3 is 2.65 bits per heavy atom. The van der Waals surface area contributed by atoms with Crippen molar-refractivity contribution < 1.29 is 19.7 Å². The summed E-state index contributed by atoms with van der Waals surface area (Å²) >= 11 is 0. The van der Waals surface area contributed by atoms with Crippen molar-refractivity contribution in [1.82, 2.24) is 0 Å². The lowest BCUT2D eigenvalue weighted by Gasteiger charge is -2.14. The Kier molecular flexibility index (Phi) is 4.34. The number of aromatic hydroxyl groups is 1. The number of nitrogens with two attached hydrogens (primary N) is 1. The zero-order valence-electron chi connectivity index (χ0n) is 9.93. The average Bonchev–Trinajstić information content (AvgIpc) is 2.29. The molecule has 5 nitrogen and oxygen atoms in total. The van der Waals surface area contributed by atoms with Crippen LogP contribution in [0.25, 0.3) is 0 Å². The highest BCUT2D eigenvalue weighted by Crippen LogP contribution is 2.34. The van der Waals surface area contributed by atoms with Crippen LogP contribution in [-0.2, 0) is 0 Å². The second kappa shape index (κ2) is 5.54. The molecule has 1 aromatic rings. The molecule has 1 atom stereocenters. The molecular formula is C12H17NO4. The standard InChI is InChI=1S/C12H17NO4/c1-7(3-4-13)8-5-9(12(15)16)11(14)10(6-8)17-2/h5-7,14H,3-4,13H2,1-2H3,(H,15,16). The van der Waals surface area contributed by atoms with Crippen LogP contribution in [0.3, 0.4) is 0 Å². The number of aromatic carboxylic acids is 1. The highest BCUT2D eigenvalue weighted by Gasteiger charge is 2.18. The zero-order chi connectivity index (χ0) is 13.0. The summed E-state index contributed by atoms with van der Waals surface area (Å²) in [5.41, 5.74) is 6.11. The quantitative estimate of drug-likeness (QED) is 0.725. The van der Waals surface area contributed by atoms with Crippen molar-refractivity contribution in [3.05, 3.63) is 23.3 Å². The molecule has 0 spiro atoms. The summed E-state index contributed by atoms with van der Waals surface area (Å²) < 4.78 is 4.96. The number of ether oxygens (including phenoxy) is 1. The number of hydrogen-bond donors (Lipinski definition) is 3. The first kappa shape index (κ1) is 13.3. The number of carbonyl (C=O) groups is 1. The molecule has 1 rings (SSSR count). The molecule has 0 radical (unpaired) electrons. The summed E-state index contributed by atoms with van der Waals surface area (Å²) in [7, 11) is 1.39. The first-order chi connectivity index (χ1) is 8.01. The second-order valence-corrected chi connectivity index (χ2v) is 3.90. The molecule has 0 fully saturated rings. The number of benzene rings is 1. The lowest BCUT2D eigenvalue weighted by atomic mass is 9.95. The van der Waals surface area contributed by atoms with Gasteiger partial charge >= 0.3 is 5.97 Å². The van der Waals surface area contributed by atoms with Crippen molar-refractivity contribution in [2.45, 2.75) is 19.3 Å². The molecule has 0 aliphatic carbocycles. The van der Waals surface area contributed by atoms with E-state index in [1.807, 2.05) is 6.92 Å². The lowest BCUT2D eigenvalue weighted by Crippen LogP contribution is -2.07. The fourth-order valence-electron chi connectivity index (χ4n) is 1.65. The van der Waals surface area contributed by atoms with Crippen LogP contribution >= 0.6 is 0 Å². The maximum absolute atomic E-state index is 11.0. The minimum absolute atomic E-state index is 0.118. The molecule has 0 aromatic heterocycles. The molecule has 1 aromatic carbocycles. The van der Waals surface area contributed by atoms with E-state index in [1.165, 1.54) is 13.2 Å². The third-order valence-corrected chi connectivity index (χ3v) is 2.72. The monoisotopic (exact) mass is 239 g/mol. The summed E-state index contributed by atoms with van der Waals surface area (Å²) in [6.07, 6.45) is 0.743. The number of phenols is 1. The van der Waals surface area contributed by atoms with Crippen LogP contribution < -0.4 is 10.5 Å². The molecule has 1 unspecified atom stereocenters. The predicted octanol–water partition coefficient (Wildman–Crippen LogP) is 1.55. The zero-order valence-corrected chi connectivity index (χ0v) is 9.93. The Labute approximate surface area is 99.8 Å². The minimum atomic E-state index is -1.18. The molecule has 0 aliphatic heterocycles. The van der Waals surface area contributed by atoms with E-state index in [0.717, 1.165) is 12.0 Å². The van der Waals surface area contributed by atoms with Crippen LogP contribution in [0.5, 0.6) is 11.5 Å². The Morgan fingerprint density at radius 2 is 2.18 bits per heavy atom. The highest BCUT2D eigenvalue weighted by atomic mass is 16.5. The molecule has 0 saturated carbocycles. The number of rotatable bonds is 5. The van der Waals surface area contributed by atoms with Crippen molar-refractivity contribution in [3.8, 4) is 11.5 Å². The van der Waals surface area contributed by atoms with Crippen LogP contribution in [0, 0.1) is 0 Å². The van der Waals surface area contributed by atoms with E-state index in [9.17, 15) is 9.90 Å². The summed E-state index contributed by atoms with van der Waals surface area (Å²) in [4.78, 5) is 11.0. The molecule has 5 heteroatoms. The first-order valence-corrected chi connectivity index (χ1v) is 5.35. The van der Waals surface area contributed by atoms with Gasteiger partial charge in [0.25, 0.3) is 0 Å². The number of methoxy groups -OCH3 is 1. The maximum atomic E-state index is 11.0. The van der Waals surface area contributed by atoms with Gasteiger partial charge in [0, 0.05) is 0 Å². The topological polar surface area (TPSA) is 92.8 Å². The Bertz CT molecular complexity index is 417. The van der Waals surface area contributed by atoms with E-state index < -0.39 is 5.97 Å². The van der Waals surface area contributed by atoms with E-state index in [-0.39, 0.29) is 23.0 Å². The van der Waals surface area contributed by atoms with Gasteiger partial charge in [0.05, 0.1) is 7.11 Å². The van der Waals surface area contributed by atoms with E-state index in [4.69, 9.17) is 15.6 Å². The average molecular weight is 239 g/mol. The van der Waals surface area contributed by atoms with Crippen LogP contribution in [0.1, 0.15) is 35.2 Å². The van der Waals surface area contributed by atoms with Crippen molar-refractivity contribution in [1.29, 1.82) is 0 Å². The van der Waals surface area contributed by atoms with E-state index in [0.29, 0.717) is 6.54 Å². The van der Waals surface area contributed by atoms with Gasteiger partial charge in [0.2, 0.25) is 0 Å². The van der Waals surface area contributed by atoms with E-state index in [2.05, 4.69) is 0 Å². The third kappa shape index (κ3) is 2.88. The molecule has 0 heterocycles. The molecule has 0 aliphatic rings. The molecule has 94 valence electrons. The van der Waals surface area contributed by atoms with Gasteiger partial charge in [0.1, 0.15) is 5.56 Å². The SMILES string of the molecule is COc1cc(C(C)CCN)cc(C(=O)O)c1O. The van der Waals surface area contributed by atoms with Crippen LogP contribution in [0.15, 0.2) is 12.1 Å². The number of carboxylic acid groups (broad SMARTS) is 1. The molecule has 17 heavy (non-hydrogen) atoms. The second-order valence-electron chi connectivity index (χ2n) is 3.90. The Hall–Kier alpha value is -1.75. The van der Waals surface area contributed by atoms with Crippen molar-refractivity contribution >= 4 is 5.97 Å². The maximum Gasteiger partial charge on any atom is 0.339 e. The molecule has 0 amide bonds. The first-order valence-electron chi connectivity index (χ1n) is 5.35. The van der Waals surface area contributed by atoms with Gasteiger partial charge < -0.3 is 20.7 Å². The van der Waals surface area contributed by atoms with Gasteiger partial charge in [-0.25, -0.2) is 4.79 Å². The molecule has 0 bridgehead atoms. The minimum Gasteiger partial charge on any atom is -0.504 e. The van der Waals surface area contributed by atoms with Crippen molar-refractivity contribution in [2.24, 2.45) is 5.73 Å². The fourth-order valence-corrected chi connectivity index (χ4v) is 1.65. The van der Waals surface area contributed by atoms with E-state index in [1.54, 1.807) is 6.07 Å². The Balaban J connectivity index is 3.24. The van der Waals surface area contributed by atoms with Crippen LogP contribution in [0.4, 0.5) is 0 Å². The third-order valence-electron chi connectivity index (χ3n) is 2.72. The highest BCUT2D eigenvalue weighted by molar-refractivity contribution is 5.92. The number of hydrogen-bond acceptors (Lipinski definition) is 4. The van der Waals surface area contributed by atoms with Crippen LogP contribution in [-0.4, -0.2) is 29.8 Å². The van der Waals surface area contributed by atoms with Gasteiger partial charge in [-0.15, -0.1) is 0 Å². The molecule has 4 N–H and O–H groups in total. The fraction of sp³-hybridized carbons (Fsp3) is 0.417. The predicted molar refractivity (Wildman–Crippen MR) is 63.7 cm³/mol. The number of carboxylic acids is 1. The normalized spacial score (nSPS) is 12.2. The van der Waals surface area contributed by atoms with Gasteiger partial charge in [0.15, 0.2) is 11.5 Å². The van der Waals surface area contributed by atoms with Crippen molar-refractivity contribution in [2.75, 3.05) is 13.7 Å². The molecular weight excluding hydrogens is 222 g/mol. The van der Waals surface area contributed by atoms with Gasteiger partial charge in [-0.3, -0.25) is 0 Å². The largest absolute Gasteiger partial charge is 0.504 e. The lowest BCUT2D eigenvalue weighted by molar-refractivity contribution is 0.0693. The summed E-state index contributed by atoms with van der Waals surface area (Å²) in [5.74, 6) is -1.23. The summed E-state index contributed by atoms with van der Waals surface area (Å²) in [6.45, 7) is 2.47. The summed E-state index contributed by atoms with van der Waals surface area (Å²) in [6, 6.07) is 3.10. The van der Waals surface area contributed by atoms with E-state index >= 15 is 0 Å². The smallest absolute Gasteiger partial charge is 0.339 e. The van der Waals surface area contributed by atoms with Crippen molar-refractivity contribution in [3.63, 3.8) is 0 Å². The van der Waals surface area contributed by atoms with Crippen LogP contribution in [0.2, 0.25) is 0 Å². The van der Waals surface area contributed by atoms with Gasteiger partial charge in [-0.2, -0.15) is 0 Å². The van der Waals surface area contributed by atoms with Gasteiger partial charge in [-0.1, -0.05) is 6.92 Å². The Morgan fingerprint density at radius 1 is 1.53 bits per heavy atom. The molecule has 0 saturated heterocycles.